The van der Waals surface area contributed by atoms with Crippen LogP contribution >= 0.6 is 0 Å². The number of urea groups is 1. The van der Waals surface area contributed by atoms with E-state index in [0.717, 1.165) is 56.8 Å². The number of amides is 3. The number of piperazine rings is 1. The van der Waals surface area contributed by atoms with Crippen LogP contribution in [-0.4, -0.2) is 61.0 Å². The fourth-order valence-electron chi connectivity index (χ4n) is 3.31. The van der Waals surface area contributed by atoms with Gasteiger partial charge in [-0.05, 0) is 31.4 Å². The van der Waals surface area contributed by atoms with Crippen LogP contribution in [0, 0.1) is 12.8 Å². The highest BCUT2D eigenvalue weighted by Crippen LogP contribution is 2.28. The van der Waals surface area contributed by atoms with Gasteiger partial charge in [0.05, 0.1) is 0 Å². The van der Waals surface area contributed by atoms with E-state index in [0.29, 0.717) is 18.4 Å². The van der Waals surface area contributed by atoms with E-state index in [4.69, 9.17) is 0 Å². The second kappa shape index (κ2) is 8.34. The normalized spacial score (nSPS) is 18.5. The van der Waals surface area contributed by atoms with Crippen LogP contribution < -0.4 is 10.6 Å². The molecule has 1 aromatic carbocycles. The van der Waals surface area contributed by atoms with Crippen LogP contribution in [0.4, 0.5) is 10.5 Å². The summed E-state index contributed by atoms with van der Waals surface area (Å²) in [6.45, 7) is 6.79. The molecule has 0 bridgehead atoms. The molecular formula is C19H28N4O2. The first kappa shape index (κ1) is 17.7. The topological polar surface area (TPSA) is 64.7 Å². The summed E-state index contributed by atoms with van der Waals surface area (Å²) in [5, 5.41) is 5.78. The first-order valence-corrected chi connectivity index (χ1v) is 9.25. The smallest absolute Gasteiger partial charge is 0.319 e. The van der Waals surface area contributed by atoms with Gasteiger partial charge >= 0.3 is 6.03 Å². The first-order chi connectivity index (χ1) is 12.1. The fraction of sp³-hybridized carbons (Fsp3) is 0.579. The van der Waals surface area contributed by atoms with E-state index in [1.807, 2.05) is 36.1 Å². The monoisotopic (exact) mass is 344 g/mol. The van der Waals surface area contributed by atoms with Crippen LogP contribution in [0.1, 0.15) is 24.8 Å². The minimum absolute atomic E-state index is 0.173. The van der Waals surface area contributed by atoms with E-state index in [2.05, 4.69) is 15.5 Å². The van der Waals surface area contributed by atoms with Crippen molar-refractivity contribution in [1.29, 1.82) is 0 Å². The van der Waals surface area contributed by atoms with Crippen LogP contribution in [0.5, 0.6) is 0 Å². The highest BCUT2D eigenvalue weighted by atomic mass is 16.2. The van der Waals surface area contributed by atoms with Gasteiger partial charge in [-0.25, -0.2) is 4.79 Å². The number of nitrogens with zero attached hydrogens (tertiary/aromatic N) is 2. The van der Waals surface area contributed by atoms with Crippen molar-refractivity contribution >= 4 is 17.6 Å². The number of hydrogen-bond acceptors (Lipinski definition) is 3. The molecule has 136 valence electrons. The van der Waals surface area contributed by atoms with Crippen molar-refractivity contribution in [3.63, 3.8) is 0 Å². The second-order valence-electron chi connectivity index (χ2n) is 6.99. The lowest BCUT2D eigenvalue weighted by Gasteiger charge is -2.38. The van der Waals surface area contributed by atoms with Gasteiger partial charge in [-0.1, -0.05) is 24.6 Å². The summed E-state index contributed by atoms with van der Waals surface area (Å²) in [6.07, 6.45) is 3.34. The van der Waals surface area contributed by atoms with Crippen LogP contribution in [0.3, 0.4) is 0 Å². The highest BCUT2D eigenvalue weighted by molar-refractivity contribution is 5.90. The Morgan fingerprint density at radius 3 is 2.48 bits per heavy atom. The summed E-state index contributed by atoms with van der Waals surface area (Å²) in [7, 11) is 0. The first-order valence-electron chi connectivity index (χ1n) is 9.25. The molecule has 0 atom stereocenters. The maximum Gasteiger partial charge on any atom is 0.319 e. The number of rotatable bonds is 5. The third-order valence-corrected chi connectivity index (χ3v) is 5.25. The van der Waals surface area contributed by atoms with Crippen LogP contribution in [0.15, 0.2) is 24.3 Å². The van der Waals surface area contributed by atoms with Gasteiger partial charge in [0.2, 0.25) is 5.91 Å². The van der Waals surface area contributed by atoms with Crippen molar-refractivity contribution in [2.24, 2.45) is 5.92 Å². The molecule has 3 amide bonds. The Kier molecular flexibility index (Phi) is 5.91. The van der Waals surface area contributed by atoms with Crippen LogP contribution in [0.25, 0.3) is 0 Å². The number of carbonyl (C=O) groups is 2. The molecule has 1 saturated heterocycles. The molecule has 0 unspecified atom stereocenters. The van der Waals surface area contributed by atoms with Gasteiger partial charge in [-0.2, -0.15) is 0 Å². The molecule has 0 radical (unpaired) electrons. The van der Waals surface area contributed by atoms with E-state index in [1.54, 1.807) is 0 Å². The third kappa shape index (κ3) is 4.72. The van der Waals surface area contributed by atoms with Crippen molar-refractivity contribution in [2.75, 3.05) is 44.6 Å². The number of carbonyl (C=O) groups excluding carboxylic acids is 2. The molecule has 1 heterocycles. The number of para-hydroxylation sites is 1. The van der Waals surface area contributed by atoms with Gasteiger partial charge in [0.25, 0.3) is 0 Å². The van der Waals surface area contributed by atoms with Crippen LogP contribution in [-0.2, 0) is 4.79 Å². The van der Waals surface area contributed by atoms with Crippen molar-refractivity contribution in [3.8, 4) is 0 Å². The van der Waals surface area contributed by atoms with Crippen molar-refractivity contribution < 1.29 is 9.59 Å². The molecule has 1 aliphatic carbocycles. The highest BCUT2D eigenvalue weighted by Gasteiger charge is 2.30. The zero-order chi connectivity index (χ0) is 17.6. The van der Waals surface area contributed by atoms with Crippen molar-refractivity contribution in [2.45, 2.75) is 26.2 Å². The maximum absolute atomic E-state index is 12.2. The van der Waals surface area contributed by atoms with E-state index in [-0.39, 0.29) is 6.03 Å². The molecule has 3 rings (SSSR count). The van der Waals surface area contributed by atoms with E-state index in [1.165, 1.54) is 6.42 Å². The molecule has 6 heteroatoms. The van der Waals surface area contributed by atoms with Gasteiger partial charge < -0.3 is 15.5 Å². The van der Waals surface area contributed by atoms with Gasteiger partial charge in [-0.15, -0.1) is 0 Å². The third-order valence-electron chi connectivity index (χ3n) is 5.25. The quantitative estimate of drug-likeness (QED) is 0.859. The molecule has 1 aliphatic heterocycles. The average Bonchev–Trinajstić information content (AvgIpc) is 2.56. The lowest BCUT2D eigenvalue weighted by atomic mass is 9.84. The Morgan fingerprint density at radius 2 is 1.84 bits per heavy atom. The number of anilines is 1. The Hall–Kier alpha value is -2.08. The fourth-order valence-corrected chi connectivity index (χ4v) is 3.31. The standard InChI is InChI=1S/C19H28N4O2/c1-15-5-2-3-8-17(15)21-19(25)20-9-10-22-11-13-23(14-12-22)18(24)16-6-4-7-16/h2-3,5,8,16H,4,6-7,9-14H2,1H3,(H2,20,21,25). The summed E-state index contributed by atoms with van der Waals surface area (Å²) in [6, 6.07) is 7.56. The Morgan fingerprint density at radius 1 is 1.12 bits per heavy atom. The average molecular weight is 344 g/mol. The molecule has 1 aromatic rings. The number of benzene rings is 1. The predicted octanol–water partition coefficient (Wildman–Crippen LogP) is 2.06. The molecule has 0 spiro atoms. The molecule has 2 N–H and O–H groups in total. The zero-order valence-corrected chi connectivity index (χ0v) is 15.0. The van der Waals surface area contributed by atoms with Gasteiger partial charge in [0.15, 0.2) is 0 Å². The van der Waals surface area contributed by atoms with Gasteiger partial charge in [0.1, 0.15) is 0 Å². The van der Waals surface area contributed by atoms with Crippen molar-refractivity contribution in [1.82, 2.24) is 15.1 Å². The molecule has 0 aromatic heterocycles. The summed E-state index contributed by atoms with van der Waals surface area (Å²) in [5.41, 5.74) is 1.88. The minimum Gasteiger partial charge on any atom is -0.340 e. The second-order valence-corrected chi connectivity index (χ2v) is 6.99. The Balaban J connectivity index is 1.32. The molecule has 1 saturated carbocycles. The summed E-state index contributed by atoms with van der Waals surface area (Å²) in [4.78, 5) is 28.5. The zero-order valence-electron chi connectivity index (χ0n) is 15.0. The lowest BCUT2D eigenvalue weighted by Crippen LogP contribution is -2.52. The van der Waals surface area contributed by atoms with Gasteiger partial charge in [-0.3, -0.25) is 9.69 Å². The largest absolute Gasteiger partial charge is 0.340 e. The maximum atomic E-state index is 12.2. The van der Waals surface area contributed by atoms with E-state index < -0.39 is 0 Å². The predicted molar refractivity (Wildman–Crippen MR) is 98.6 cm³/mol. The number of nitrogens with one attached hydrogen (secondary N) is 2. The number of hydrogen-bond donors (Lipinski definition) is 2. The molecular weight excluding hydrogens is 316 g/mol. The lowest BCUT2D eigenvalue weighted by molar-refractivity contribution is -0.139. The minimum atomic E-state index is -0.173. The summed E-state index contributed by atoms with van der Waals surface area (Å²) in [5.74, 6) is 0.639. The summed E-state index contributed by atoms with van der Waals surface area (Å²) < 4.78 is 0. The molecule has 25 heavy (non-hydrogen) atoms. The van der Waals surface area contributed by atoms with Crippen LogP contribution in [0.2, 0.25) is 0 Å². The SMILES string of the molecule is Cc1ccccc1NC(=O)NCCN1CCN(C(=O)C2CCC2)CC1. The Labute approximate surface area is 149 Å². The Bertz CT molecular complexity index is 607. The van der Waals surface area contributed by atoms with E-state index >= 15 is 0 Å². The molecule has 6 nitrogen and oxygen atoms in total. The summed E-state index contributed by atoms with van der Waals surface area (Å²) >= 11 is 0. The van der Waals surface area contributed by atoms with Gasteiger partial charge in [0, 0.05) is 50.9 Å². The van der Waals surface area contributed by atoms with E-state index in [9.17, 15) is 9.59 Å². The number of aryl methyl sites for hydroxylation is 1. The molecule has 2 fully saturated rings. The molecule has 2 aliphatic rings. The van der Waals surface area contributed by atoms with Crippen molar-refractivity contribution in [3.05, 3.63) is 29.8 Å².